The second-order valence-electron chi connectivity index (χ2n) is 7.58. The summed E-state index contributed by atoms with van der Waals surface area (Å²) in [5, 5.41) is 0.558. The van der Waals surface area contributed by atoms with Crippen molar-refractivity contribution in [3.63, 3.8) is 0 Å². The first-order valence-corrected chi connectivity index (χ1v) is 12.7. The molecule has 0 aliphatic heterocycles. The Bertz CT molecular complexity index is 1360. The number of sulfone groups is 1. The van der Waals surface area contributed by atoms with Crippen LogP contribution in [-0.4, -0.2) is 30.0 Å². The summed E-state index contributed by atoms with van der Waals surface area (Å²) in [4.78, 5) is 24.2. The van der Waals surface area contributed by atoms with E-state index in [1.54, 1.807) is 36.4 Å². The van der Waals surface area contributed by atoms with Gasteiger partial charge in [-0.3, -0.25) is 14.7 Å². The standard InChI is InChI=1S/C24H23N3O3S2/c1-4-32(29,30)20-9-5-8-19(13-20)23(28)27(15-18-7-6-10-25-14-18)24-26-21-11-16(2)17(3)12-22(21)31-24/h5-14H,4,15H2,1-3H3. The van der Waals surface area contributed by atoms with Gasteiger partial charge in [-0.1, -0.05) is 30.4 Å². The first-order valence-electron chi connectivity index (χ1n) is 10.2. The number of carbonyl (C=O) groups excluding carboxylic acids is 1. The molecule has 0 saturated heterocycles. The van der Waals surface area contributed by atoms with E-state index in [4.69, 9.17) is 4.98 Å². The maximum Gasteiger partial charge on any atom is 0.260 e. The zero-order chi connectivity index (χ0) is 22.9. The van der Waals surface area contributed by atoms with E-state index in [-0.39, 0.29) is 23.1 Å². The van der Waals surface area contributed by atoms with E-state index in [1.807, 2.05) is 32.0 Å². The van der Waals surface area contributed by atoms with Crippen LogP contribution in [0.5, 0.6) is 0 Å². The van der Waals surface area contributed by atoms with E-state index in [9.17, 15) is 13.2 Å². The van der Waals surface area contributed by atoms with E-state index in [0.29, 0.717) is 10.7 Å². The van der Waals surface area contributed by atoms with Gasteiger partial charge in [0.25, 0.3) is 5.91 Å². The Morgan fingerprint density at radius 1 is 1.06 bits per heavy atom. The molecule has 32 heavy (non-hydrogen) atoms. The van der Waals surface area contributed by atoms with Crippen molar-refractivity contribution < 1.29 is 13.2 Å². The largest absolute Gasteiger partial charge is 0.279 e. The molecule has 0 unspecified atom stereocenters. The summed E-state index contributed by atoms with van der Waals surface area (Å²) >= 11 is 1.44. The predicted molar refractivity (Wildman–Crippen MR) is 128 cm³/mol. The van der Waals surface area contributed by atoms with Crippen molar-refractivity contribution in [1.82, 2.24) is 9.97 Å². The topological polar surface area (TPSA) is 80.2 Å². The normalized spacial score (nSPS) is 11.6. The zero-order valence-electron chi connectivity index (χ0n) is 18.1. The van der Waals surface area contributed by atoms with Gasteiger partial charge >= 0.3 is 0 Å². The van der Waals surface area contributed by atoms with Crippen LogP contribution >= 0.6 is 11.3 Å². The van der Waals surface area contributed by atoms with Crippen molar-refractivity contribution >= 4 is 42.4 Å². The first kappa shape index (κ1) is 22.1. The monoisotopic (exact) mass is 465 g/mol. The number of hydrogen-bond donors (Lipinski definition) is 0. The molecule has 0 bridgehead atoms. The molecule has 4 aromatic rings. The number of anilines is 1. The number of carbonyl (C=O) groups is 1. The molecule has 0 N–H and O–H groups in total. The molecule has 2 heterocycles. The predicted octanol–water partition coefficient (Wildman–Crippen LogP) is 4.95. The van der Waals surface area contributed by atoms with Crippen molar-refractivity contribution in [2.45, 2.75) is 32.2 Å². The highest BCUT2D eigenvalue weighted by Gasteiger charge is 2.23. The summed E-state index contributed by atoms with van der Waals surface area (Å²) < 4.78 is 25.7. The SMILES string of the molecule is CCS(=O)(=O)c1cccc(C(=O)N(Cc2cccnc2)c2nc3cc(C)c(C)cc3s2)c1. The van der Waals surface area contributed by atoms with Crippen molar-refractivity contribution in [2.75, 3.05) is 10.7 Å². The minimum absolute atomic E-state index is 0.0272. The van der Waals surface area contributed by atoms with Crippen LogP contribution in [0, 0.1) is 13.8 Å². The number of rotatable bonds is 6. The van der Waals surface area contributed by atoms with Gasteiger partial charge in [0.05, 0.1) is 27.4 Å². The Morgan fingerprint density at radius 3 is 2.56 bits per heavy atom. The molecule has 0 atom stereocenters. The molecule has 0 saturated carbocycles. The second kappa shape index (κ2) is 8.80. The van der Waals surface area contributed by atoms with Crippen molar-refractivity contribution in [3.05, 3.63) is 83.2 Å². The van der Waals surface area contributed by atoms with Crippen LogP contribution in [0.15, 0.2) is 65.8 Å². The number of thiazole rings is 1. The quantitative estimate of drug-likeness (QED) is 0.403. The Balaban J connectivity index is 1.80. The Morgan fingerprint density at radius 2 is 1.84 bits per heavy atom. The fraction of sp³-hybridized carbons (Fsp3) is 0.208. The van der Waals surface area contributed by atoms with Crippen LogP contribution in [0.4, 0.5) is 5.13 Å². The minimum Gasteiger partial charge on any atom is -0.279 e. The van der Waals surface area contributed by atoms with Crippen LogP contribution in [0.1, 0.15) is 34.0 Å². The summed E-state index contributed by atoms with van der Waals surface area (Å²) in [5.41, 5.74) is 4.28. The van der Waals surface area contributed by atoms with Gasteiger partial charge in [-0.15, -0.1) is 0 Å². The van der Waals surface area contributed by atoms with Gasteiger partial charge in [0.1, 0.15) is 0 Å². The summed E-state index contributed by atoms with van der Waals surface area (Å²) in [5.74, 6) is -0.338. The fourth-order valence-corrected chi connectivity index (χ4v) is 5.30. The first-order chi connectivity index (χ1) is 15.3. The number of aromatic nitrogens is 2. The Kier molecular flexibility index (Phi) is 6.08. The van der Waals surface area contributed by atoms with Crippen LogP contribution in [0.2, 0.25) is 0 Å². The van der Waals surface area contributed by atoms with Gasteiger partial charge in [0, 0.05) is 18.0 Å². The molecule has 0 spiro atoms. The number of benzene rings is 2. The second-order valence-corrected chi connectivity index (χ2v) is 10.9. The lowest BCUT2D eigenvalue weighted by molar-refractivity contribution is 0.0985. The highest BCUT2D eigenvalue weighted by molar-refractivity contribution is 7.91. The zero-order valence-corrected chi connectivity index (χ0v) is 19.7. The molecule has 0 radical (unpaired) electrons. The maximum absolute atomic E-state index is 13.6. The molecule has 4 rings (SSSR count). The van der Waals surface area contributed by atoms with Crippen molar-refractivity contribution in [3.8, 4) is 0 Å². The lowest BCUT2D eigenvalue weighted by Gasteiger charge is -2.20. The molecule has 6 nitrogen and oxygen atoms in total. The number of nitrogens with zero attached hydrogens (tertiary/aromatic N) is 3. The van der Waals surface area contributed by atoms with Gasteiger partial charge < -0.3 is 0 Å². The minimum atomic E-state index is -3.43. The molecule has 8 heteroatoms. The van der Waals surface area contributed by atoms with Gasteiger partial charge in [-0.2, -0.15) is 0 Å². The van der Waals surface area contributed by atoms with E-state index in [2.05, 4.69) is 11.1 Å². The Labute approximate surface area is 191 Å². The lowest BCUT2D eigenvalue weighted by atomic mass is 10.1. The molecule has 164 valence electrons. The van der Waals surface area contributed by atoms with Crippen molar-refractivity contribution in [2.24, 2.45) is 0 Å². The summed E-state index contributed by atoms with van der Waals surface area (Å²) in [6, 6.07) is 14.0. The van der Waals surface area contributed by atoms with Gasteiger partial charge in [0.15, 0.2) is 15.0 Å². The highest BCUT2D eigenvalue weighted by atomic mass is 32.2. The summed E-state index contributed by atoms with van der Waals surface area (Å²) in [6.45, 7) is 5.94. The average molecular weight is 466 g/mol. The van der Waals surface area contributed by atoms with E-state index in [1.165, 1.54) is 23.5 Å². The fourth-order valence-electron chi connectivity index (χ4n) is 3.33. The molecular weight excluding hydrogens is 442 g/mol. The Hall–Kier alpha value is -3.10. The van der Waals surface area contributed by atoms with E-state index < -0.39 is 9.84 Å². The molecular formula is C24H23N3O3S2. The molecule has 0 fully saturated rings. The van der Waals surface area contributed by atoms with E-state index >= 15 is 0 Å². The van der Waals surface area contributed by atoms with Crippen LogP contribution in [0.25, 0.3) is 10.2 Å². The van der Waals surface area contributed by atoms with Gasteiger partial charge in [-0.25, -0.2) is 13.4 Å². The third-order valence-electron chi connectivity index (χ3n) is 5.35. The highest BCUT2D eigenvalue weighted by Crippen LogP contribution is 2.32. The number of amides is 1. The molecule has 0 aliphatic rings. The van der Waals surface area contributed by atoms with Crippen LogP contribution in [0.3, 0.4) is 0 Å². The molecule has 1 amide bonds. The smallest absolute Gasteiger partial charge is 0.260 e. The number of hydrogen-bond acceptors (Lipinski definition) is 6. The molecule has 2 aromatic heterocycles. The third-order valence-corrected chi connectivity index (χ3v) is 8.13. The van der Waals surface area contributed by atoms with E-state index in [0.717, 1.165) is 26.9 Å². The average Bonchev–Trinajstić information content (AvgIpc) is 3.20. The summed E-state index contributed by atoms with van der Waals surface area (Å²) in [6.07, 6.45) is 3.39. The maximum atomic E-state index is 13.6. The molecule has 2 aromatic carbocycles. The molecule has 0 aliphatic carbocycles. The number of fused-ring (bicyclic) bond motifs is 1. The number of pyridine rings is 1. The third kappa shape index (κ3) is 4.42. The van der Waals surface area contributed by atoms with Gasteiger partial charge in [-0.05, 0) is 66.9 Å². The van der Waals surface area contributed by atoms with Gasteiger partial charge in [0.2, 0.25) is 0 Å². The van der Waals surface area contributed by atoms with Crippen molar-refractivity contribution in [1.29, 1.82) is 0 Å². The lowest BCUT2D eigenvalue weighted by Crippen LogP contribution is -2.30. The summed E-state index contributed by atoms with van der Waals surface area (Å²) in [7, 11) is -3.43. The van der Waals surface area contributed by atoms with Crippen LogP contribution < -0.4 is 4.90 Å². The number of aryl methyl sites for hydroxylation is 2. The van der Waals surface area contributed by atoms with Crippen LogP contribution in [-0.2, 0) is 16.4 Å².